The smallest absolute Gasteiger partial charge is 0.129 e. The van der Waals surface area contributed by atoms with Gasteiger partial charge in [-0.15, -0.1) is 0 Å². The average molecular weight is 375 g/mol. The van der Waals surface area contributed by atoms with Crippen LogP contribution in [0.25, 0.3) is 0 Å². The molecule has 2 atom stereocenters. The molecule has 0 aliphatic carbocycles. The van der Waals surface area contributed by atoms with Crippen molar-refractivity contribution >= 4 is 21.7 Å². The van der Waals surface area contributed by atoms with Crippen LogP contribution < -0.4 is 0 Å². The van der Waals surface area contributed by atoms with Crippen molar-refractivity contribution in [1.29, 1.82) is 0 Å². The van der Waals surface area contributed by atoms with Crippen LogP contribution in [-0.4, -0.2) is 10.6 Å². The van der Waals surface area contributed by atoms with Crippen molar-refractivity contribution in [2.24, 2.45) is 5.92 Å². The first kappa shape index (κ1) is 22.1. The van der Waals surface area contributed by atoms with E-state index in [1.54, 1.807) is 6.92 Å². The van der Waals surface area contributed by atoms with Crippen LogP contribution in [0.5, 0.6) is 0 Å². The summed E-state index contributed by atoms with van der Waals surface area (Å²) in [6.45, 7) is 6.39. The molecule has 0 aromatic carbocycles. The summed E-state index contributed by atoms with van der Waals surface area (Å²) in [5.74, 6) is 1.23. The molecule has 2 heteroatoms. The Kier molecular flexibility index (Phi) is 16.1. The maximum absolute atomic E-state index is 10.8. The van der Waals surface area contributed by atoms with E-state index in [1.165, 1.54) is 77.0 Å². The summed E-state index contributed by atoms with van der Waals surface area (Å²) < 4.78 is 0. The number of carbonyl (C=O) groups excluding carboxylic acids is 1. The van der Waals surface area contributed by atoms with E-state index in [0.717, 1.165) is 18.8 Å². The lowest BCUT2D eigenvalue weighted by atomic mass is 9.96. The van der Waals surface area contributed by atoms with Crippen molar-refractivity contribution in [3.8, 4) is 0 Å². The van der Waals surface area contributed by atoms with E-state index in [0.29, 0.717) is 10.6 Å². The van der Waals surface area contributed by atoms with Crippen LogP contribution in [0.3, 0.4) is 0 Å². The average Bonchev–Trinajstić information content (AvgIpc) is 2.48. The fraction of sp³-hybridized carbons (Fsp3) is 0.950. The molecule has 0 fully saturated rings. The molecule has 0 aromatic heterocycles. The normalized spacial score (nSPS) is 14.0. The zero-order chi connectivity index (χ0) is 16.6. The fourth-order valence-corrected chi connectivity index (χ4v) is 3.53. The predicted octanol–water partition coefficient (Wildman–Crippen LogP) is 7.46. The van der Waals surface area contributed by atoms with E-state index in [-0.39, 0.29) is 0 Å². The Labute approximate surface area is 148 Å². The van der Waals surface area contributed by atoms with Gasteiger partial charge >= 0.3 is 0 Å². The lowest BCUT2D eigenvalue weighted by Gasteiger charge is -2.14. The Morgan fingerprint density at radius 1 is 0.818 bits per heavy atom. The number of alkyl halides is 1. The minimum atomic E-state index is 0.337. The molecule has 22 heavy (non-hydrogen) atoms. The summed E-state index contributed by atoms with van der Waals surface area (Å²) in [6.07, 6.45) is 18.1. The van der Waals surface area contributed by atoms with E-state index < -0.39 is 0 Å². The van der Waals surface area contributed by atoms with Crippen LogP contribution in [0.2, 0.25) is 0 Å². The number of ketones is 1. The highest BCUT2D eigenvalue weighted by molar-refractivity contribution is 9.09. The van der Waals surface area contributed by atoms with Gasteiger partial charge in [0.15, 0.2) is 0 Å². The van der Waals surface area contributed by atoms with Gasteiger partial charge in [-0.3, -0.25) is 0 Å². The largest absolute Gasteiger partial charge is 0.300 e. The minimum Gasteiger partial charge on any atom is -0.300 e. The number of carbonyl (C=O) groups is 1. The lowest BCUT2D eigenvalue weighted by Crippen LogP contribution is -2.03. The maximum atomic E-state index is 10.8. The lowest BCUT2D eigenvalue weighted by molar-refractivity contribution is -0.117. The number of hydrogen-bond donors (Lipinski definition) is 0. The number of Topliss-reactive ketones (excluding diaryl/α,β-unsaturated/α-hetero) is 1. The third kappa shape index (κ3) is 16.5. The summed E-state index contributed by atoms with van der Waals surface area (Å²) in [5.41, 5.74) is 0. The molecule has 0 bridgehead atoms. The topological polar surface area (TPSA) is 17.1 Å². The van der Waals surface area contributed by atoms with Gasteiger partial charge in [-0.25, -0.2) is 0 Å². The van der Waals surface area contributed by atoms with Gasteiger partial charge in [-0.05, 0) is 38.5 Å². The number of halogens is 1. The highest BCUT2D eigenvalue weighted by atomic mass is 79.9. The SMILES string of the molecule is CCCCCCC(C)CCC(Br)CCCCCCCC(C)=O. The molecule has 0 saturated heterocycles. The van der Waals surface area contributed by atoms with Gasteiger partial charge in [0.1, 0.15) is 5.78 Å². The third-order valence-corrected chi connectivity index (χ3v) is 5.49. The van der Waals surface area contributed by atoms with Crippen LogP contribution in [0.1, 0.15) is 111 Å². The van der Waals surface area contributed by atoms with Crippen LogP contribution in [0.15, 0.2) is 0 Å². The summed E-state index contributed by atoms with van der Waals surface area (Å²) in [5, 5.41) is 0. The Bertz CT molecular complexity index is 252. The van der Waals surface area contributed by atoms with Crippen molar-refractivity contribution in [2.75, 3.05) is 0 Å². The molecule has 0 spiro atoms. The van der Waals surface area contributed by atoms with Gasteiger partial charge in [0.05, 0.1) is 0 Å². The molecule has 0 aliphatic heterocycles. The van der Waals surface area contributed by atoms with Crippen LogP contribution >= 0.6 is 15.9 Å². The van der Waals surface area contributed by atoms with E-state index >= 15 is 0 Å². The van der Waals surface area contributed by atoms with E-state index in [9.17, 15) is 4.79 Å². The van der Waals surface area contributed by atoms with E-state index in [2.05, 4.69) is 29.8 Å². The van der Waals surface area contributed by atoms with Crippen molar-refractivity contribution in [3.63, 3.8) is 0 Å². The van der Waals surface area contributed by atoms with Gasteiger partial charge in [0.25, 0.3) is 0 Å². The van der Waals surface area contributed by atoms with Gasteiger partial charge in [-0.1, -0.05) is 87.6 Å². The summed E-state index contributed by atoms with van der Waals surface area (Å²) >= 11 is 3.86. The second-order valence-corrected chi connectivity index (χ2v) is 8.43. The molecular weight excluding hydrogens is 336 g/mol. The predicted molar refractivity (Wildman–Crippen MR) is 103 cm³/mol. The molecule has 0 aromatic rings. The first-order valence-corrected chi connectivity index (χ1v) is 10.6. The summed E-state index contributed by atoms with van der Waals surface area (Å²) in [7, 11) is 0. The summed E-state index contributed by atoms with van der Waals surface area (Å²) in [4.78, 5) is 11.6. The van der Waals surface area contributed by atoms with Crippen LogP contribution in [-0.2, 0) is 4.79 Å². The van der Waals surface area contributed by atoms with Crippen LogP contribution in [0.4, 0.5) is 0 Å². The quantitative estimate of drug-likeness (QED) is 0.202. The minimum absolute atomic E-state index is 0.337. The standard InChI is InChI=1S/C20H39BrO/c1-4-5-6-10-13-18(2)16-17-20(21)15-12-9-7-8-11-14-19(3)22/h18,20H,4-17H2,1-3H3. The molecule has 0 amide bonds. The molecule has 132 valence electrons. The molecular formula is C20H39BrO. The Morgan fingerprint density at radius 2 is 1.41 bits per heavy atom. The Hall–Kier alpha value is 0.150. The van der Waals surface area contributed by atoms with Gasteiger partial charge in [0, 0.05) is 11.2 Å². The first-order chi connectivity index (χ1) is 10.6. The van der Waals surface area contributed by atoms with Crippen molar-refractivity contribution < 1.29 is 4.79 Å². The second-order valence-electron chi connectivity index (χ2n) is 7.14. The third-order valence-electron chi connectivity index (χ3n) is 4.57. The number of hydrogen-bond acceptors (Lipinski definition) is 1. The Balaban J connectivity index is 3.34. The monoisotopic (exact) mass is 374 g/mol. The molecule has 0 heterocycles. The maximum Gasteiger partial charge on any atom is 0.129 e. The molecule has 0 saturated carbocycles. The first-order valence-electron chi connectivity index (χ1n) is 9.69. The molecule has 0 N–H and O–H groups in total. The van der Waals surface area contributed by atoms with Crippen molar-refractivity contribution in [1.82, 2.24) is 0 Å². The highest BCUT2D eigenvalue weighted by Gasteiger charge is 2.08. The molecule has 2 unspecified atom stereocenters. The van der Waals surface area contributed by atoms with Gasteiger partial charge in [-0.2, -0.15) is 0 Å². The van der Waals surface area contributed by atoms with E-state index in [4.69, 9.17) is 0 Å². The zero-order valence-electron chi connectivity index (χ0n) is 15.3. The molecule has 0 radical (unpaired) electrons. The number of unbranched alkanes of at least 4 members (excludes halogenated alkanes) is 7. The van der Waals surface area contributed by atoms with Gasteiger partial charge < -0.3 is 4.79 Å². The van der Waals surface area contributed by atoms with Crippen molar-refractivity contribution in [3.05, 3.63) is 0 Å². The highest BCUT2D eigenvalue weighted by Crippen LogP contribution is 2.22. The molecule has 1 nitrogen and oxygen atoms in total. The van der Waals surface area contributed by atoms with E-state index in [1.807, 2.05) is 0 Å². The second kappa shape index (κ2) is 16.0. The van der Waals surface area contributed by atoms with Crippen molar-refractivity contribution in [2.45, 2.75) is 115 Å². The van der Waals surface area contributed by atoms with Crippen LogP contribution in [0, 0.1) is 5.92 Å². The summed E-state index contributed by atoms with van der Waals surface area (Å²) in [6, 6.07) is 0. The Morgan fingerprint density at radius 3 is 2.09 bits per heavy atom. The van der Waals surface area contributed by atoms with Gasteiger partial charge in [0.2, 0.25) is 0 Å². The fourth-order valence-electron chi connectivity index (χ4n) is 2.94. The molecule has 0 aliphatic rings. The molecule has 0 rings (SSSR count). The number of rotatable bonds is 16. The zero-order valence-corrected chi connectivity index (χ0v) is 16.9.